The number of nitriles is 4. The van der Waals surface area contributed by atoms with Crippen molar-refractivity contribution in [3.8, 4) is 24.3 Å². The summed E-state index contributed by atoms with van der Waals surface area (Å²) in [6, 6.07) is 22.8. The number of carbonyl (C=O) groups excluding carboxylic acids is 1. The highest BCUT2D eigenvalue weighted by Crippen LogP contribution is 2.87. The zero-order chi connectivity index (χ0) is 58.3. The number of likely N-dealkylation sites (tertiary alicyclic amines) is 1. The first-order chi connectivity index (χ1) is 46.6. The van der Waals surface area contributed by atoms with Gasteiger partial charge in [0.05, 0.1) is 22.8 Å². The van der Waals surface area contributed by atoms with Crippen LogP contribution in [0.1, 0.15) is 33.9 Å². The predicted molar refractivity (Wildman–Crippen MR) is 379 cm³/mol. The van der Waals surface area contributed by atoms with Crippen LogP contribution in [-0.4, -0.2) is 17.4 Å². The van der Waals surface area contributed by atoms with Crippen LogP contribution in [0.5, 0.6) is 0 Å². The first-order valence-electron chi connectivity index (χ1n) is 33.2. The highest BCUT2D eigenvalue weighted by atomic mass is 16.2. The van der Waals surface area contributed by atoms with Gasteiger partial charge in [-0.15, -0.1) is 0 Å². The van der Waals surface area contributed by atoms with E-state index in [1.54, 1.807) is 64.6 Å². The third kappa shape index (κ3) is 2.44. The zero-order valence-electron chi connectivity index (χ0n) is 47.8. The molecule has 5 aliphatic carbocycles. The molecule has 31 aromatic rings. The Morgan fingerprint density at radius 2 is 0.585 bits per heavy atom. The average molecular weight is 1160 g/mol. The van der Waals surface area contributed by atoms with Crippen molar-refractivity contribution in [1.29, 1.82) is 21.0 Å². The molecule has 0 bridgehead atoms. The van der Waals surface area contributed by atoms with Crippen molar-refractivity contribution in [1.82, 2.24) is 4.90 Å². The number of hydrogen-bond acceptors (Lipinski definition) is 5. The highest BCUT2D eigenvalue weighted by Gasteiger charge is 2.77. The predicted octanol–water partition coefficient (Wildman–Crippen LogP) is 19.0. The first-order valence-corrected chi connectivity index (χ1v) is 33.2. The summed E-state index contributed by atoms with van der Waals surface area (Å²) >= 11 is 0. The summed E-state index contributed by atoms with van der Waals surface area (Å²) in [5.74, 6) is 0.659. The van der Waals surface area contributed by atoms with Crippen LogP contribution in [0.4, 0.5) is 0 Å². The molecule has 1 saturated carbocycles. The van der Waals surface area contributed by atoms with Gasteiger partial charge in [-0.3, -0.25) is 4.79 Å². The first kappa shape index (κ1) is 39.2. The van der Waals surface area contributed by atoms with Crippen molar-refractivity contribution < 1.29 is 4.79 Å². The average Bonchev–Trinajstić information content (AvgIpc) is 1.38. The lowest BCUT2D eigenvalue weighted by molar-refractivity contribution is -0.129. The van der Waals surface area contributed by atoms with Gasteiger partial charge < -0.3 is 4.90 Å². The van der Waals surface area contributed by atoms with Gasteiger partial charge in [0.2, 0.25) is 5.91 Å². The summed E-state index contributed by atoms with van der Waals surface area (Å²) < 4.78 is 0. The van der Waals surface area contributed by atoms with Crippen LogP contribution >= 0.6 is 0 Å². The number of amides is 1. The van der Waals surface area contributed by atoms with Gasteiger partial charge in [0.25, 0.3) is 0 Å². The molecular formula is C88H14N5O. The molecule has 0 N–H and O–H groups in total. The molecule has 6 nitrogen and oxygen atoms in total. The van der Waals surface area contributed by atoms with Crippen molar-refractivity contribution >= 4 is 329 Å². The van der Waals surface area contributed by atoms with E-state index in [1.807, 2.05) is 49.9 Å². The molecule has 1 unspecified atom stereocenters. The number of rotatable bonds is 2. The smallest absolute Gasteiger partial charge is 0.231 e. The summed E-state index contributed by atoms with van der Waals surface area (Å²) in [5, 5.41) is 129. The van der Waals surface area contributed by atoms with Crippen molar-refractivity contribution in [3.05, 3.63) is 112 Å². The van der Waals surface area contributed by atoms with Crippen molar-refractivity contribution in [2.45, 2.75) is 16.9 Å². The number of benzene rings is 21. The maximum atomic E-state index is 17.2. The molecule has 0 aromatic heterocycles. The number of hydrogen-bond donors (Lipinski definition) is 0. The maximum absolute atomic E-state index is 17.2. The van der Waals surface area contributed by atoms with Crippen LogP contribution in [0.25, 0.3) is 324 Å². The second kappa shape index (κ2) is 9.83. The Morgan fingerprint density at radius 3 is 0.872 bits per heavy atom. The van der Waals surface area contributed by atoms with Crippen LogP contribution < -0.4 is 10.4 Å². The quantitative estimate of drug-likeness (QED) is 0.126. The van der Waals surface area contributed by atoms with E-state index >= 15 is 4.79 Å². The molecule has 1 saturated heterocycles. The minimum atomic E-state index is -0.929. The molecule has 2 spiro atoms. The molecular weight excluding hydrogens is 1140 g/mol. The van der Waals surface area contributed by atoms with Crippen LogP contribution in [0.3, 0.4) is 0 Å². The summed E-state index contributed by atoms with van der Waals surface area (Å²) in [6.07, 6.45) is 8.06. The van der Waals surface area contributed by atoms with Crippen molar-refractivity contribution in [3.63, 3.8) is 0 Å². The molecule has 2 fully saturated rings. The minimum absolute atomic E-state index is 0.00310. The Morgan fingerprint density at radius 1 is 0.330 bits per heavy atom. The molecule has 1 aliphatic heterocycles. The summed E-state index contributed by atoms with van der Waals surface area (Å²) in [5.41, 5.74) is 4.90. The molecule has 6 aliphatic rings. The molecule has 94 heavy (non-hydrogen) atoms. The number of fused-ring (bicyclic) bond motifs is 2. The van der Waals surface area contributed by atoms with E-state index in [-0.39, 0.29) is 17.1 Å². The third-order valence-corrected chi connectivity index (χ3v) is 30.2. The van der Waals surface area contributed by atoms with E-state index in [0.717, 1.165) is 5.56 Å². The van der Waals surface area contributed by atoms with E-state index in [9.17, 15) is 21.0 Å². The van der Waals surface area contributed by atoms with Gasteiger partial charge in [-0.05, 0) is 372 Å². The van der Waals surface area contributed by atoms with Crippen molar-refractivity contribution in [2.24, 2.45) is 0 Å². The maximum Gasteiger partial charge on any atom is 0.231 e. The van der Waals surface area contributed by atoms with E-state index in [4.69, 9.17) is 0 Å². The van der Waals surface area contributed by atoms with Gasteiger partial charge in [-0.1, -0.05) is 36.4 Å². The van der Waals surface area contributed by atoms with E-state index in [1.165, 1.54) is 248 Å². The Balaban J connectivity index is 0.924. The lowest BCUT2D eigenvalue weighted by Crippen LogP contribution is -2.52. The molecule has 397 valence electrons. The van der Waals surface area contributed by atoms with E-state index in [0.29, 0.717) is 44.4 Å². The van der Waals surface area contributed by atoms with Gasteiger partial charge in [0.15, 0.2) is 0 Å². The van der Waals surface area contributed by atoms with Crippen LogP contribution in [-0.2, 0) is 15.6 Å². The summed E-state index contributed by atoms with van der Waals surface area (Å²) in [7, 11) is 0. The van der Waals surface area contributed by atoms with E-state index in [2.05, 4.69) is 47.4 Å². The lowest BCUT2D eigenvalue weighted by Gasteiger charge is -2.51. The molecule has 5 radical (unpaired) electrons. The summed E-state index contributed by atoms with van der Waals surface area (Å²) in [6.45, 7) is 0.444. The fourth-order valence-corrected chi connectivity index (χ4v) is 29.3. The molecule has 1 atom stereocenters. The largest absolute Gasteiger partial charge is 0.333 e. The van der Waals surface area contributed by atoms with Crippen molar-refractivity contribution in [2.75, 3.05) is 6.54 Å². The van der Waals surface area contributed by atoms with Gasteiger partial charge in [-0.25, -0.2) is 0 Å². The zero-order valence-corrected chi connectivity index (χ0v) is 47.8. The molecule has 31 aromatic carbocycles. The highest BCUT2D eigenvalue weighted by molar-refractivity contribution is 6.82. The second-order valence-corrected chi connectivity index (χ2v) is 31.3. The molecule has 6 heteroatoms. The minimum Gasteiger partial charge on any atom is -0.333 e. The van der Waals surface area contributed by atoms with Crippen LogP contribution in [0.15, 0.2) is 42.5 Å². The SMILES string of the molecule is N#CC(C#N)=c1c2ccccc2c(=C(C#N)C#N)c2cc(C3N(C(=O)[C]4[CH][CH][CH][CH]4)CC45c6c7c8c9c%10c%11c(c%12c%13c4c4c6c6c%14c7c7c8c8c%10c%10c%15c%11c%11c%12c%12c%13c%13c4c4c6c6c%14c%14c7c7c8c%10c8c%10c%15c%11c%11c%12c%12c%13c4c4c6c6c%14c7c8c7c%10c%11c%12c4c67)C935)ccc12. The normalized spacial score (nSPS) is 21.3. The monoisotopic (exact) mass is 1160 g/mol. The standard InChI is InChI=1S/C88H14N5O/c89-12-19(13-90)25-21-7-3-4-8-22(21)26(20(14-91)15-92)24-11-18(9-10-23(24)25)85-88-83-77-71-61-49-41-33-29-27-28-31-35(33)43(49)53-47-39(31)40-32(28)36-34-30(27)38-37(29)45-51(41)59-65-55(45)56-46(38)52-42(34)50-44(36)54-48(40)58-57(47)69(63(53)71)79(83)80-70(58)64(54)72-62(50)68-60(52)66(56)74-73(65)81(75(77)67(59)61)87(88,82(74)76(68)78(72)84(80)88)16-93(85)86(94)17-5-1-2-6-17/h1-11,85H,16H2. The number of carbonyl (C=O) groups is 1. The number of nitrogens with zero attached hydrogens (tertiary/aromatic N) is 5. The fraction of sp³-hybridized carbons (Fsp3) is 0.0455. The third-order valence-electron chi connectivity index (χ3n) is 30.2. The summed E-state index contributed by atoms with van der Waals surface area (Å²) in [4.78, 5) is 19.6. The Bertz CT molecular complexity index is 9170. The fourth-order valence-electron chi connectivity index (χ4n) is 29.3. The Kier molecular flexibility index (Phi) is 4.10. The topological polar surface area (TPSA) is 115 Å². The molecule has 1 heterocycles. The molecule has 37 rings (SSSR count). The van der Waals surface area contributed by atoms with Gasteiger partial charge >= 0.3 is 0 Å². The molecule has 1 amide bonds. The van der Waals surface area contributed by atoms with Crippen LogP contribution in [0.2, 0.25) is 0 Å². The Labute approximate surface area is 517 Å². The Hall–Kier alpha value is -12.2. The van der Waals surface area contributed by atoms with Gasteiger partial charge in [0.1, 0.15) is 35.4 Å². The lowest BCUT2D eigenvalue weighted by atomic mass is 9.47. The van der Waals surface area contributed by atoms with Gasteiger partial charge in [0, 0.05) is 17.0 Å². The second-order valence-electron chi connectivity index (χ2n) is 31.3. The van der Waals surface area contributed by atoms with E-state index < -0.39 is 16.9 Å². The van der Waals surface area contributed by atoms with Gasteiger partial charge in [-0.2, -0.15) is 21.0 Å². The van der Waals surface area contributed by atoms with Crippen LogP contribution in [0, 0.1) is 76.9 Å².